The normalized spacial score (nSPS) is 12.8. The zero-order valence-corrected chi connectivity index (χ0v) is 14.5. The number of ether oxygens (including phenoxy) is 1. The van der Waals surface area contributed by atoms with Crippen LogP contribution in [0.25, 0.3) is 0 Å². The lowest BCUT2D eigenvalue weighted by atomic mass is 10.2. The number of rotatable bonds is 4. The van der Waals surface area contributed by atoms with Crippen LogP contribution in [0.4, 0.5) is 11.5 Å². The first-order valence-corrected chi connectivity index (χ1v) is 8.50. The second-order valence-electron chi connectivity index (χ2n) is 5.26. The molecule has 4 rings (SSSR count). The highest BCUT2D eigenvalue weighted by atomic mass is 35.5. The molecule has 8 heteroatoms. The fraction of sp³-hybridized carbons (Fsp3) is 0.188. The Morgan fingerprint density at radius 2 is 2.04 bits per heavy atom. The largest absolute Gasteiger partial charge is 0.364 e. The maximum absolute atomic E-state index is 6.08. The Hall–Kier alpha value is -2.09. The number of halogens is 1. The van der Waals surface area contributed by atoms with Gasteiger partial charge in [-0.2, -0.15) is 0 Å². The minimum absolute atomic E-state index is 0.411. The first-order valence-electron chi connectivity index (χ1n) is 7.31. The Bertz CT molecular complexity index is 884. The van der Waals surface area contributed by atoms with Crippen molar-refractivity contribution in [2.75, 3.05) is 18.7 Å². The molecular formula is C16H14ClN5OS. The molecule has 0 fully saturated rings. The van der Waals surface area contributed by atoms with Crippen LogP contribution < -0.4 is 4.90 Å². The van der Waals surface area contributed by atoms with Crippen LogP contribution in [-0.4, -0.2) is 33.4 Å². The number of imidazole rings is 1. The van der Waals surface area contributed by atoms with E-state index in [-0.39, 0.29) is 0 Å². The Morgan fingerprint density at radius 3 is 2.83 bits per heavy atom. The Morgan fingerprint density at radius 1 is 1.17 bits per heavy atom. The fourth-order valence-corrected chi connectivity index (χ4v) is 3.80. The summed E-state index contributed by atoms with van der Waals surface area (Å²) in [5.74, 6) is 0.815. The highest BCUT2D eigenvalue weighted by molar-refractivity contribution is 7.99. The quantitative estimate of drug-likeness (QED) is 0.709. The van der Waals surface area contributed by atoms with Crippen molar-refractivity contribution < 1.29 is 4.74 Å². The molecule has 24 heavy (non-hydrogen) atoms. The highest BCUT2D eigenvalue weighted by Gasteiger charge is 2.25. The van der Waals surface area contributed by atoms with Crippen LogP contribution in [0.3, 0.4) is 0 Å². The average molecular weight is 360 g/mol. The smallest absolute Gasteiger partial charge is 0.202 e. The van der Waals surface area contributed by atoms with Crippen LogP contribution in [0.15, 0.2) is 52.9 Å². The van der Waals surface area contributed by atoms with Crippen molar-refractivity contribution in [3.63, 3.8) is 0 Å². The molecule has 2 aromatic heterocycles. The summed E-state index contributed by atoms with van der Waals surface area (Å²) in [5, 5.41) is 1.36. The summed E-state index contributed by atoms with van der Waals surface area (Å²) in [6.07, 6.45) is 6.96. The van der Waals surface area contributed by atoms with Crippen LogP contribution in [0.2, 0.25) is 5.28 Å². The summed E-state index contributed by atoms with van der Waals surface area (Å²) >= 11 is 7.69. The summed E-state index contributed by atoms with van der Waals surface area (Å²) in [5.41, 5.74) is 2.19. The lowest BCUT2D eigenvalue weighted by Gasteiger charge is -2.30. The lowest BCUT2D eigenvalue weighted by Crippen LogP contribution is -2.24. The third-order valence-corrected chi connectivity index (χ3v) is 5.06. The third kappa shape index (κ3) is 2.75. The molecule has 0 bridgehead atoms. The maximum Gasteiger partial charge on any atom is 0.202 e. The number of nitrogens with zero attached hydrogens (tertiary/aromatic N) is 5. The molecular weight excluding hydrogens is 346 g/mol. The molecule has 0 spiro atoms. The number of benzene rings is 1. The second kappa shape index (κ2) is 6.43. The number of methoxy groups -OCH3 is 1. The molecule has 0 unspecified atom stereocenters. The molecule has 0 saturated carbocycles. The van der Waals surface area contributed by atoms with Gasteiger partial charge in [0.15, 0.2) is 5.82 Å². The SMILES string of the molecule is COCN1c2cc(Cn3ccnc3Cl)ccc2Sc2nccnc21. The molecule has 1 aromatic carbocycles. The van der Waals surface area contributed by atoms with E-state index >= 15 is 0 Å². The van der Waals surface area contributed by atoms with E-state index < -0.39 is 0 Å². The molecule has 0 aliphatic carbocycles. The van der Waals surface area contributed by atoms with Crippen molar-refractivity contribution in [2.24, 2.45) is 0 Å². The molecule has 1 aliphatic heterocycles. The van der Waals surface area contributed by atoms with Crippen molar-refractivity contribution in [2.45, 2.75) is 16.5 Å². The number of fused-ring (bicyclic) bond motifs is 2. The fourth-order valence-electron chi connectivity index (χ4n) is 2.64. The van der Waals surface area contributed by atoms with E-state index in [0.717, 1.165) is 27.0 Å². The van der Waals surface area contributed by atoms with Crippen LogP contribution in [0, 0.1) is 0 Å². The third-order valence-electron chi connectivity index (χ3n) is 3.70. The zero-order chi connectivity index (χ0) is 16.5. The molecule has 0 N–H and O–H groups in total. The molecule has 0 amide bonds. The standard InChI is InChI=1S/C16H14ClN5OS/c1-23-10-22-12-8-11(9-21-7-6-20-16(21)17)2-3-13(12)24-15-14(22)18-4-5-19-15/h2-8H,9-10H2,1H3. The van der Waals surface area contributed by atoms with Crippen LogP contribution >= 0.6 is 23.4 Å². The highest BCUT2D eigenvalue weighted by Crippen LogP contribution is 2.46. The minimum atomic E-state index is 0.411. The number of hydrogen-bond acceptors (Lipinski definition) is 6. The topological polar surface area (TPSA) is 56.1 Å². The predicted molar refractivity (Wildman–Crippen MR) is 93.0 cm³/mol. The Labute approximate surface area is 148 Å². The summed E-state index contributed by atoms with van der Waals surface area (Å²) in [4.78, 5) is 16.1. The maximum atomic E-state index is 6.08. The summed E-state index contributed by atoms with van der Waals surface area (Å²) in [7, 11) is 1.67. The van der Waals surface area contributed by atoms with Gasteiger partial charge in [0.25, 0.3) is 0 Å². The van der Waals surface area contributed by atoms with Crippen molar-refractivity contribution in [1.82, 2.24) is 19.5 Å². The van der Waals surface area contributed by atoms with E-state index in [1.807, 2.05) is 15.7 Å². The molecule has 1 aliphatic rings. The van der Waals surface area contributed by atoms with Crippen molar-refractivity contribution in [3.05, 3.63) is 53.8 Å². The van der Waals surface area contributed by atoms with E-state index in [1.165, 1.54) is 0 Å². The van der Waals surface area contributed by atoms with Gasteiger partial charge in [0, 0.05) is 43.3 Å². The monoisotopic (exact) mass is 359 g/mol. The van der Waals surface area contributed by atoms with Crippen molar-refractivity contribution in [1.29, 1.82) is 0 Å². The summed E-state index contributed by atoms with van der Waals surface area (Å²) in [6, 6.07) is 6.32. The first-order chi connectivity index (χ1) is 11.8. The first kappa shape index (κ1) is 15.4. The predicted octanol–water partition coefficient (Wildman–Crippen LogP) is 3.58. The van der Waals surface area contributed by atoms with Crippen molar-refractivity contribution in [3.8, 4) is 0 Å². The van der Waals surface area contributed by atoms with Gasteiger partial charge in [-0.05, 0) is 29.3 Å². The summed E-state index contributed by atoms with van der Waals surface area (Å²) in [6.45, 7) is 1.07. The van der Waals surface area contributed by atoms with E-state index in [9.17, 15) is 0 Å². The van der Waals surface area contributed by atoms with Gasteiger partial charge in [-0.25, -0.2) is 15.0 Å². The molecule has 0 atom stereocenters. The van der Waals surface area contributed by atoms with E-state index in [2.05, 4.69) is 33.2 Å². The van der Waals surface area contributed by atoms with Gasteiger partial charge in [0.05, 0.1) is 5.69 Å². The van der Waals surface area contributed by atoms with Gasteiger partial charge in [-0.1, -0.05) is 17.8 Å². The Balaban J connectivity index is 1.73. The number of anilines is 2. The van der Waals surface area contributed by atoms with E-state index in [1.54, 1.807) is 37.5 Å². The molecule has 3 heterocycles. The second-order valence-corrected chi connectivity index (χ2v) is 6.63. The van der Waals surface area contributed by atoms with Crippen LogP contribution in [0.1, 0.15) is 5.56 Å². The van der Waals surface area contributed by atoms with Crippen LogP contribution in [0.5, 0.6) is 0 Å². The molecule has 122 valence electrons. The summed E-state index contributed by atoms with van der Waals surface area (Å²) < 4.78 is 7.27. The van der Waals surface area contributed by atoms with Gasteiger partial charge in [-0.3, -0.25) is 4.90 Å². The Kier molecular flexibility index (Phi) is 4.13. The lowest BCUT2D eigenvalue weighted by molar-refractivity contribution is 0.204. The molecule has 0 saturated heterocycles. The van der Waals surface area contributed by atoms with Gasteiger partial charge in [-0.15, -0.1) is 0 Å². The van der Waals surface area contributed by atoms with E-state index in [0.29, 0.717) is 18.6 Å². The van der Waals surface area contributed by atoms with Gasteiger partial charge in [0.1, 0.15) is 11.8 Å². The van der Waals surface area contributed by atoms with Gasteiger partial charge >= 0.3 is 0 Å². The van der Waals surface area contributed by atoms with Crippen LogP contribution in [-0.2, 0) is 11.3 Å². The number of hydrogen-bond donors (Lipinski definition) is 0. The van der Waals surface area contributed by atoms with Gasteiger partial charge in [0.2, 0.25) is 5.28 Å². The zero-order valence-electron chi connectivity index (χ0n) is 12.9. The van der Waals surface area contributed by atoms with Crippen molar-refractivity contribution >= 4 is 34.9 Å². The number of aromatic nitrogens is 4. The van der Waals surface area contributed by atoms with E-state index in [4.69, 9.17) is 16.3 Å². The molecule has 0 radical (unpaired) electrons. The molecule has 6 nitrogen and oxygen atoms in total. The molecule has 3 aromatic rings. The average Bonchev–Trinajstić information content (AvgIpc) is 3.00. The minimum Gasteiger partial charge on any atom is -0.364 e. The van der Waals surface area contributed by atoms with Gasteiger partial charge < -0.3 is 9.30 Å².